The third-order valence-corrected chi connectivity index (χ3v) is 2.42. The minimum atomic E-state index is -0.640. The summed E-state index contributed by atoms with van der Waals surface area (Å²) in [6.45, 7) is 1.71. The summed E-state index contributed by atoms with van der Waals surface area (Å²) < 4.78 is 12.8. The molecule has 1 aliphatic carbocycles. The normalized spacial score (nSPS) is 19.2. The molecule has 0 bridgehead atoms. The third kappa shape index (κ3) is 1.12. The summed E-state index contributed by atoms with van der Waals surface area (Å²) in [5.74, 6) is -0.206. The Morgan fingerprint density at radius 1 is 1.42 bits per heavy atom. The number of hydrogen-bond donors (Lipinski definition) is 1. The van der Waals surface area contributed by atoms with E-state index in [4.69, 9.17) is 0 Å². The van der Waals surface area contributed by atoms with Gasteiger partial charge in [0.15, 0.2) is 0 Å². The maximum atomic E-state index is 12.8. The molecule has 0 heterocycles. The zero-order chi connectivity index (χ0) is 8.77. The average molecular weight is 166 g/mol. The van der Waals surface area contributed by atoms with Crippen LogP contribution in [0.1, 0.15) is 24.0 Å². The summed E-state index contributed by atoms with van der Waals surface area (Å²) >= 11 is 0. The van der Waals surface area contributed by atoms with Gasteiger partial charge in [0.1, 0.15) is 5.82 Å². The Hall–Kier alpha value is -0.890. The second-order valence-corrected chi connectivity index (χ2v) is 3.50. The van der Waals surface area contributed by atoms with E-state index in [1.54, 1.807) is 19.1 Å². The maximum absolute atomic E-state index is 12.8. The predicted octanol–water partition coefficient (Wildman–Crippen LogP) is 2.12. The number of halogens is 1. The van der Waals surface area contributed by atoms with Crippen molar-refractivity contribution in [3.63, 3.8) is 0 Å². The van der Waals surface area contributed by atoms with E-state index in [9.17, 15) is 9.50 Å². The lowest BCUT2D eigenvalue weighted by Crippen LogP contribution is -2.04. The lowest BCUT2D eigenvalue weighted by Gasteiger charge is -2.08. The van der Waals surface area contributed by atoms with E-state index in [1.165, 1.54) is 6.07 Å². The first-order valence-electron chi connectivity index (χ1n) is 4.11. The molecule has 2 heteroatoms. The van der Waals surface area contributed by atoms with Crippen LogP contribution in [0.2, 0.25) is 0 Å². The van der Waals surface area contributed by atoms with Gasteiger partial charge in [0, 0.05) is 0 Å². The van der Waals surface area contributed by atoms with Crippen LogP contribution in [0.3, 0.4) is 0 Å². The summed E-state index contributed by atoms with van der Waals surface area (Å²) in [6.07, 6.45) is 1.61. The third-order valence-electron chi connectivity index (χ3n) is 2.42. The van der Waals surface area contributed by atoms with E-state index in [0.717, 1.165) is 18.4 Å². The van der Waals surface area contributed by atoms with Crippen LogP contribution in [-0.2, 0) is 5.60 Å². The van der Waals surface area contributed by atoms with Gasteiger partial charge in [-0.15, -0.1) is 0 Å². The first kappa shape index (κ1) is 7.74. The van der Waals surface area contributed by atoms with E-state index in [2.05, 4.69) is 0 Å². The fraction of sp³-hybridized carbons (Fsp3) is 0.400. The first-order valence-corrected chi connectivity index (χ1v) is 4.11. The Morgan fingerprint density at radius 3 is 2.58 bits per heavy atom. The van der Waals surface area contributed by atoms with Gasteiger partial charge in [0.05, 0.1) is 5.60 Å². The van der Waals surface area contributed by atoms with E-state index >= 15 is 0 Å². The van der Waals surface area contributed by atoms with Gasteiger partial charge in [0.2, 0.25) is 0 Å². The molecule has 64 valence electrons. The highest BCUT2D eigenvalue weighted by Crippen LogP contribution is 2.45. The van der Waals surface area contributed by atoms with Gasteiger partial charge in [-0.2, -0.15) is 0 Å². The van der Waals surface area contributed by atoms with Crippen LogP contribution >= 0.6 is 0 Å². The van der Waals surface area contributed by atoms with Gasteiger partial charge in [-0.1, -0.05) is 12.1 Å². The van der Waals surface area contributed by atoms with Crippen molar-refractivity contribution < 1.29 is 9.50 Å². The molecule has 0 unspecified atom stereocenters. The fourth-order valence-corrected chi connectivity index (χ4v) is 1.34. The van der Waals surface area contributed by atoms with Gasteiger partial charge in [0.25, 0.3) is 0 Å². The molecular formula is C10H11FO. The van der Waals surface area contributed by atoms with Crippen molar-refractivity contribution in [1.29, 1.82) is 0 Å². The Morgan fingerprint density at radius 2 is 2.08 bits per heavy atom. The van der Waals surface area contributed by atoms with E-state index in [1.807, 2.05) is 0 Å². The van der Waals surface area contributed by atoms with Crippen LogP contribution in [0, 0.1) is 12.7 Å². The van der Waals surface area contributed by atoms with Crippen LogP contribution in [0.4, 0.5) is 4.39 Å². The molecule has 1 aromatic rings. The topological polar surface area (TPSA) is 20.2 Å². The maximum Gasteiger partial charge on any atom is 0.126 e. The van der Waals surface area contributed by atoms with Crippen molar-refractivity contribution in [3.8, 4) is 0 Å². The van der Waals surface area contributed by atoms with Crippen LogP contribution in [0.15, 0.2) is 18.2 Å². The van der Waals surface area contributed by atoms with Gasteiger partial charge >= 0.3 is 0 Å². The zero-order valence-electron chi connectivity index (χ0n) is 6.97. The minimum Gasteiger partial charge on any atom is -0.385 e. The van der Waals surface area contributed by atoms with Gasteiger partial charge < -0.3 is 5.11 Å². The predicted molar refractivity (Wildman–Crippen MR) is 44.3 cm³/mol. The van der Waals surface area contributed by atoms with E-state index < -0.39 is 5.60 Å². The summed E-state index contributed by atoms with van der Waals surface area (Å²) in [4.78, 5) is 0. The summed E-state index contributed by atoms with van der Waals surface area (Å²) in [6, 6.07) is 4.80. The Bertz CT molecular complexity index is 316. The van der Waals surface area contributed by atoms with Crippen molar-refractivity contribution in [1.82, 2.24) is 0 Å². The highest BCUT2D eigenvalue weighted by molar-refractivity contribution is 5.31. The number of aliphatic hydroxyl groups is 1. The van der Waals surface area contributed by atoms with Crippen molar-refractivity contribution >= 4 is 0 Å². The molecule has 1 aromatic carbocycles. The quantitative estimate of drug-likeness (QED) is 0.677. The molecule has 1 nitrogen and oxygen atoms in total. The average Bonchev–Trinajstić information content (AvgIpc) is 2.75. The molecule has 1 aliphatic rings. The van der Waals surface area contributed by atoms with Crippen molar-refractivity contribution in [2.45, 2.75) is 25.4 Å². The van der Waals surface area contributed by atoms with Gasteiger partial charge in [-0.25, -0.2) is 4.39 Å². The lowest BCUT2D eigenvalue weighted by atomic mass is 10.1. The molecule has 1 N–H and O–H groups in total. The first-order chi connectivity index (χ1) is 5.62. The molecule has 1 fully saturated rings. The molecule has 0 amide bonds. The molecule has 12 heavy (non-hydrogen) atoms. The van der Waals surface area contributed by atoms with Gasteiger partial charge in [-0.3, -0.25) is 0 Å². The van der Waals surface area contributed by atoms with Crippen molar-refractivity contribution in [2.75, 3.05) is 0 Å². The summed E-state index contributed by atoms with van der Waals surface area (Å²) in [5, 5.41) is 9.69. The SMILES string of the molecule is Cc1cc(C2(O)CC2)ccc1F. The zero-order valence-corrected chi connectivity index (χ0v) is 6.97. The Balaban J connectivity index is 2.41. The Labute approximate surface area is 70.8 Å². The largest absolute Gasteiger partial charge is 0.385 e. The molecule has 0 saturated heterocycles. The molecular weight excluding hydrogens is 155 g/mol. The minimum absolute atomic E-state index is 0.206. The molecule has 0 radical (unpaired) electrons. The van der Waals surface area contributed by atoms with Crippen LogP contribution in [0.25, 0.3) is 0 Å². The lowest BCUT2D eigenvalue weighted by molar-refractivity contribution is 0.151. The number of rotatable bonds is 1. The molecule has 0 atom stereocenters. The molecule has 0 aliphatic heterocycles. The second-order valence-electron chi connectivity index (χ2n) is 3.50. The second kappa shape index (κ2) is 2.30. The van der Waals surface area contributed by atoms with Crippen molar-refractivity contribution in [2.24, 2.45) is 0 Å². The highest BCUT2D eigenvalue weighted by atomic mass is 19.1. The van der Waals surface area contributed by atoms with Crippen LogP contribution in [0.5, 0.6) is 0 Å². The molecule has 2 rings (SSSR count). The summed E-state index contributed by atoms with van der Waals surface area (Å²) in [5.41, 5.74) is 0.813. The number of benzene rings is 1. The van der Waals surface area contributed by atoms with Crippen molar-refractivity contribution in [3.05, 3.63) is 35.1 Å². The number of hydrogen-bond acceptors (Lipinski definition) is 1. The van der Waals surface area contributed by atoms with Crippen LogP contribution < -0.4 is 0 Å². The van der Waals surface area contributed by atoms with E-state index in [0.29, 0.717) is 5.56 Å². The molecule has 0 aromatic heterocycles. The fourth-order valence-electron chi connectivity index (χ4n) is 1.34. The molecule has 0 spiro atoms. The standard InChI is InChI=1S/C10H11FO/c1-7-6-8(2-3-9(7)11)10(12)4-5-10/h2-3,6,12H,4-5H2,1H3. The van der Waals surface area contributed by atoms with E-state index in [-0.39, 0.29) is 5.82 Å². The Kier molecular flexibility index (Phi) is 1.48. The van der Waals surface area contributed by atoms with Crippen LogP contribution in [-0.4, -0.2) is 5.11 Å². The number of aryl methyl sites for hydroxylation is 1. The summed E-state index contributed by atoms with van der Waals surface area (Å²) in [7, 11) is 0. The monoisotopic (exact) mass is 166 g/mol. The highest BCUT2D eigenvalue weighted by Gasteiger charge is 2.42. The van der Waals surface area contributed by atoms with Gasteiger partial charge in [-0.05, 0) is 37.0 Å². The molecule has 1 saturated carbocycles. The smallest absolute Gasteiger partial charge is 0.126 e.